The zero-order chi connectivity index (χ0) is 31.7. The van der Waals surface area contributed by atoms with Crippen LogP contribution in [0.3, 0.4) is 0 Å². The average molecular weight is 574 g/mol. The summed E-state index contributed by atoms with van der Waals surface area (Å²) >= 11 is 0. The van der Waals surface area contributed by atoms with E-state index in [-0.39, 0.29) is 0 Å². The van der Waals surface area contributed by atoms with Crippen LogP contribution < -0.4 is 4.90 Å². The second-order valence-corrected chi connectivity index (χ2v) is 9.59. The minimum Gasteiger partial charge on any atom is -0.310 e. The van der Waals surface area contributed by atoms with Gasteiger partial charge >= 0.3 is 0 Å². The van der Waals surface area contributed by atoms with Crippen LogP contribution in [0.25, 0.3) is 16.8 Å². The molecule has 0 heterocycles. The first-order chi connectivity index (χ1) is 21.2. The third-order valence-electron chi connectivity index (χ3n) is 6.45. The van der Waals surface area contributed by atoms with Crippen molar-refractivity contribution in [1.29, 1.82) is 0 Å². The number of para-hydroxylation sites is 2. The van der Waals surface area contributed by atoms with Crippen molar-refractivity contribution in [3.8, 4) is 0 Å². The number of aryl methyl sites for hydroxylation is 1. The van der Waals surface area contributed by atoms with E-state index in [0.29, 0.717) is 0 Å². The lowest BCUT2D eigenvalue weighted by molar-refractivity contribution is 0.886. The molecule has 0 amide bonds. The molecule has 0 aliphatic rings. The molecule has 0 radical (unpaired) electrons. The monoisotopic (exact) mass is 573 g/mol. The molecule has 0 bridgehead atoms. The Balaban J connectivity index is 0.000000421. The van der Waals surface area contributed by atoms with Gasteiger partial charge in [0.05, 0.1) is 0 Å². The summed E-state index contributed by atoms with van der Waals surface area (Å²) in [6.07, 6.45) is 9.39. The maximum atomic E-state index is 2.31. The van der Waals surface area contributed by atoms with Gasteiger partial charge in [-0.15, -0.1) is 0 Å². The van der Waals surface area contributed by atoms with E-state index in [4.69, 9.17) is 0 Å². The highest BCUT2D eigenvalue weighted by molar-refractivity contribution is 5.82. The fraction of sp³-hybridized carbons (Fsp3) is 0.286. The molecule has 0 unspecified atom stereocenters. The third kappa shape index (κ3) is 13.2. The van der Waals surface area contributed by atoms with Crippen LogP contribution in [0.15, 0.2) is 133 Å². The van der Waals surface area contributed by atoms with Crippen molar-refractivity contribution >= 4 is 33.9 Å². The first-order valence-electron chi connectivity index (χ1n) is 16.3. The summed E-state index contributed by atoms with van der Waals surface area (Å²) in [7, 11) is 0. The molecular weight excluding hydrogens is 518 g/mol. The number of allylic oxidation sites excluding steroid dienone is 1. The van der Waals surface area contributed by atoms with Crippen LogP contribution >= 0.6 is 0 Å². The molecule has 0 spiro atoms. The second kappa shape index (κ2) is 23.5. The Morgan fingerprint density at radius 1 is 0.488 bits per heavy atom. The van der Waals surface area contributed by atoms with Crippen molar-refractivity contribution in [2.24, 2.45) is 0 Å². The van der Waals surface area contributed by atoms with E-state index >= 15 is 0 Å². The number of rotatable bonds is 7. The van der Waals surface area contributed by atoms with Gasteiger partial charge in [-0.1, -0.05) is 177 Å². The molecule has 0 saturated carbocycles. The fourth-order valence-electron chi connectivity index (χ4n) is 4.07. The summed E-state index contributed by atoms with van der Waals surface area (Å²) in [5.74, 6) is 0. The number of hydrogen-bond donors (Lipinski definition) is 0. The van der Waals surface area contributed by atoms with Crippen LogP contribution in [0, 0.1) is 6.92 Å². The standard InChI is InChI=1S/C24H25N.C10H8.C4H10.2C2H6/c1-3-4-6-12-21-16-18-23(19-17-21)25(22-13-7-5-8-14-22)24-15-10-9-11-20(24)2;1-2-6-10-8-4-3-7-9(10)5-1;1-3-4-2;2*1-2/h5-19H,3-4H2,1-2H3;1-8H;3-4H2,1-2H3;2*1-2H3. The largest absolute Gasteiger partial charge is 0.310 e. The normalized spacial score (nSPS) is 9.67. The Morgan fingerprint density at radius 2 is 0.930 bits per heavy atom. The summed E-state index contributed by atoms with van der Waals surface area (Å²) < 4.78 is 0. The maximum Gasteiger partial charge on any atom is 0.0490 e. The van der Waals surface area contributed by atoms with Gasteiger partial charge in [0.2, 0.25) is 0 Å². The molecule has 228 valence electrons. The lowest BCUT2D eigenvalue weighted by Gasteiger charge is -2.27. The predicted octanol–water partition coefficient (Wildman–Crippen LogP) is 14.0. The van der Waals surface area contributed by atoms with Gasteiger partial charge < -0.3 is 4.90 Å². The Hall–Kier alpha value is -4.10. The molecule has 5 aromatic carbocycles. The topological polar surface area (TPSA) is 3.24 Å². The molecule has 0 aliphatic heterocycles. The molecule has 5 aromatic rings. The summed E-state index contributed by atoms with van der Waals surface area (Å²) in [6, 6.07) is 44.6. The van der Waals surface area contributed by atoms with Crippen molar-refractivity contribution in [2.75, 3.05) is 4.90 Å². The van der Waals surface area contributed by atoms with Crippen LogP contribution in [0.4, 0.5) is 17.1 Å². The van der Waals surface area contributed by atoms with E-state index in [0.717, 1.165) is 6.42 Å². The van der Waals surface area contributed by atoms with E-state index in [1.54, 1.807) is 0 Å². The Bertz CT molecular complexity index is 1320. The number of nitrogens with zero attached hydrogens (tertiary/aromatic N) is 1. The highest BCUT2D eigenvalue weighted by Crippen LogP contribution is 2.36. The molecular formula is C42H55N. The van der Waals surface area contributed by atoms with E-state index < -0.39 is 0 Å². The van der Waals surface area contributed by atoms with Gasteiger partial charge in [-0.3, -0.25) is 0 Å². The average Bonchev–Trinajstić information content (AvgIpc) is 3.09. The maximum absolute atomic E-state index is 2.31. The smallest absolute Gasteiger partial charge is 0.0490 e. The van der Waals surface area contributed by atoms with Crippen LogP contribution in [0.2, 0.25) is 0 Å². The molecule has 43 heavy (non-hydrogen) atoms. The number of fused-ring (bicyclic) bond motifs is 1. The second-order valence-electron chi connectivity index (χ2n) is 9.59. The predicted molar refractivity (Wildman–Crippen MR) is 197 cm³/mol. The van der Waals surface area contributed by atoms with Gasteiger partial charge in [0.25, 0.3) is 0 Å². The Morgan fingerprint density at radius 3 is 1.40 bits per heavy atom. The summed E-state index contributed by atoms with van der Waals surface area (Å²) in [6.45, 7) is 16.7. The lowest BCUT2D eigenvalue weighted by atomic mass is 10.1. The minimum absolute atomic E-state index is 1.13. The molecule has 1 heteroatoms. The number of unbranched alkanes of at least 4 members (excludes halogenated alkanes) is 2. The molecule has 0 aliphatic carbocycles. The highest BCUT2D eigenvalue weighted by atomic mass is 15.1. The molecule has 0 fully saturated rings. The van der Waals surface area contributed by atoms with E-state index in [1.807, 2.05) is 27.7 Å². The van der Waals surface area contributed by atoms with Crippen LogP contribution in [0.1, 0.15) is 85.3 Å². The number of benzene rings is 5. The van der Waals surface area contributed by atoms with Gasteiger partial charge in [0.15, 0.2) is 0 Å². The molecule has 0 aromatic heterocycles. The van der Waals surface area contributed by atoms with E-state index in [2.05, 4.69) is 172 Å². The summed E-state index contributed by atoms with van der Waals surface area (Å²) in [5, 5.41) is 2.62. The van der Waals surface area contributed by atoms with Crippen molar-refractivity contribution in [3.63, 3.8) is 0 Å². The number of anilines is 3. The zero-order valence-electron chi connectivity index (χ0n) is 28.1. The summed E-state index contributed by atoms with van der Waals surface area (Å²) in [4.78, 5) is 2.31. The van der Waals surface area contributed by atoms with Crippen LogP contribution in [0.5, 0.6) is 0 Å². The van der Waals surface area contributed by atoms with E-state index in [1.165, 1.54) is 58.2 Å². The zero-order valence-corrected chi connectivity index (χ0v) is 28.1. The molecule has 0 N–H and O–H groups in total. The SMILES string of the molecule is CC.CC.CCCC.CCCC=Cc1ccc(N(c2ccccc2)c2ccccc2C)cc1.c1ccc2ccccc2c1. The van der Waals surface area contributed by atoms with Gasteiger partial charge in [-0.05, 0) is 65.6 Å². The molecule has 0 saturated heterocycles. The minimum atomic E-state index is 1.13. The van der Waals surface area contributed by atoms with Gasteiger partial charge in [0, 0.05) is 17.1 Å². The van der Waals surface area contributed by atoms with Crippen molar-refractivity contribution in [2.45, 2.75) is 81.1 Å². The van der Waals surface area contributed by atoms with Gasteiger partial charge in [-0.25, -0.2) is 0 Å². The van der Waals surface area contributed by atoms with Crippen molar-refractivity contribution < 1.29 is 0 Å². The fourth-order valence-corrected chi connectivity index (χ4v) is 4.07. The number of hydrogen-bond acceptors (Lipinski definition) is 1. The van der Waals surface area contributed by atoms with Crippen molar-refractivity contribution in [3.05, 3.63) is 145 Å². The van der Waals surface area contributed by atoms with Gasteiger partial charge in [-0.2, -0.15) is 0 Å². The lowest BCUT2D eigenvalue weighted by Crippen LogP contribution is -2.11. The quantitative estimate of drug-likeness (QED) is 0.187. The van der Waals surface area contributed by atoms with E-state index in [9.17, 15) is 0 Å². The third-order valence-corrected chi connectivity index (χ3v) is 6.45. The molecule has 0 atom stereocenters. The van der Waals surface area contributed by atoms with Crippen LogP contribution in [-0.2, 0) is 0 Å². The highest BCUT2D eigenvalue weighted by Gasteiger charge is 2.13. The first-order valence-corrected chi connectivity index (χ1v) is 16.3. The molecule has 1 nitrogen and oxygen atoms in total. The summed E-state index contributed by atoms with van der Waals surface area (Å²) in [5.41, 5.74) is 6.07. The first kappa shape index (κ1) is 36.9. The van der Waals surface area contributed by atoms with Crippen molar-refractivity contribution in [1.82, 2.24) is 0 Å². The Kier molecular flexibility index (Phi) is 20.1. The Labute approximate surface area is 263 Å². The molecule has 5 rings (SSSR count). The van der Waals surface area contributed by atoms with Gasteiger partial charge in [0.1, 0.15) is 0 Å². The van der Waals surface area contributed by atoms with Crippen LogP contribution in [-0.4, -0.2) is 0 Å².